The van der Waals surface area contributed by atoms with Gasteiger partial charge in [0.25, 0.3) is 0 Å². The Morgan fingerprint density at radius 3 is 2.94 bits per heavy atom. The van der Waals surface area contributed by atoms with Gasteiger partial charge in [-0.25, -0.2) is 0 Å². The lowest BCUT2D eigenvalue weighted by atomic mass is 10.1. The highest BCUT2D eigenvalue weighted by Crippen LogP contribution is 2.16. The van der Waals surface area contributed by atoms with Crippen LogP contribution in [0.1, 0.15) is 19.4 Å². The van der Waals surface area contributed by atoms with E-state index in [0.717, 1.165) is 12.3 Å². The molecule has 0 amide bonds. The molecule has 2 rings (SSSR count). The fraction of sp³-hybridized carbons (Fsp3) is 0.400. The highest BCUT2D eigenvalue weighted by atomic mass is 32.2. The Morgan fingerprint density at radius 2 is 2.11 bits per heavy atom. The van der Waals surface area contributed by atoms with E-state index in [1.165, 1.54) is 22.1 Å². The molecule has 1 atom stereocenters. The Morgan fingerprint density at radius 1 is 1.28 bits per heavy atom. The average Bonchev–Trinajstić information content (AvgIpc) is 2.42. The molecule has 0 fully saturated rings. The first-order valence-electron chi connectivity index (χ1n) is 6.44. The second-order valence-electron chi connectivity index (χ2n) is 4.46. The number of hydrogen-bond acceptors (Lipinski definition) is 3. The third kappa shape index (κ3) is 3.47. The predicted molar refractivity (Wildman–Crippen MR) is 81.0 cm³/mol. The molecule has 1 aromatic carbocycles. The van der Waals surface area contributed by atoms with Crippen LogP contribution in [0.3, 0.4) is 0 Å². The molecule has 96 valence electrons. The van der Waals surface area contributed by atoms with Crippen LogP contribution in [0.2, 0.25) is 0 Å². The van der Waals surface area contributed by atoms with Crippen LogP contribution in [0, 0.1) is 0 Å². The van der Waals surface area contributed by atoms with Gasteiger partial charge in [-0.15, -0.1) is 0 Å². The quantitative estimate of drug-likeness (QED) is 0.861. The van der Waals surface area contributed by atoms with Crippen LogP contribution < -0.4 is 5.32 Å². The number of benzene rings is 1. The van der Waals surface area contributed by atoms with E-state index in [-0.39, 0.29) is 0 Å². The first-order chi connectivity index (χ1) is 8.81. The lowest BCUT2D eigenvalue weighted by Gasteiger charge is -2.14. The van der Waals surface area contributed by atoms with Crippen molar-refractivity contribution in [3.8, 4) is 0 Å². The van der Waals surface area contributed by atoms with Gasteiger partial charge < -0.3 is 5.32 Å². The Hall–Kier alpha value is -1.06. The third-order valence-electron chi connectivity index (χ3n) is 2.96. The third-order valence-corrected chi connectivity index (χ3v) is 4.11. The van der Waals surface area contributed by atoms with Crippen LogP contribution in [0.15, 0.2) is 36.7 Å². The first kappa shape index (κ1) is 13.4. The smallest absolute Gasteiger partial charge is 0.0346 e. The fourth-order valence-electron chi connectivity index (χ4n) is 1.96. The summed E-state index contributed by atoms with van der Waals surface area (Å²) in [5.41, 5.74) is 1.28. The molecule has 2 aromatic rings. The number of thioether (sulfide) groups is 1. The van der Waals surface area contributed by atoms with Crippen molar-refractivity contribution < 1.29 is 0 Å². The molecule has 2 nitrogen and oxygen atoms in total. The molecule has 0 aliphatic heterocycles. The van der Waals surface area contributed by atoms with Gasteiger partial charge >= 0.3 is 0 Å². The molecular formula is C15H20N2S. The Balaban J connectivity index is 2.03. The minimum atomic E-state index is 0.536. The minimum Gasteiger partial charge on any atom is -0.309 e. The monoisotopic (exact) mass is 260 g/mol. The maximum Gasteiger partial charge on any atom is 0.0346 e. The van der Waals surface area contributed by atoms with Gasteiger partial charge in [0.15, 0.2) is 0 Å². The number of aromatic nitrogens is 1. The second-order valence-corrected chi connectivity index (χ2v) is 5.78. The van der Waals surface area contributed by atoms with E-state index < -0.39 is 0 Å². The largest absolute Gasteiger partial charge is 0.309 e. The van der Waals surface area contributed by atoms with E-state index in [2.05, 4.69) is 48.4 Å². The van der Waals surface area contributed by atoms with Crippen LogP contribution in [0.4, 0.5) is 0 Å². The maximum atomic E-state index is 4.31. The molecule has 0 spiro atoms. The second kappa shape index (κ2) is 6.76. The molecule has 0 saturated carbocycles. The van der Waals surface area contributed by atoms with Gasteiger partial charge in [0, 0.05) is 36.1 Å². The number of hydrogen-bond donors (Lipinski definition) is 1. The lowest BCUT2D eigenvalue weighted by molar-refractivity contribution is 0.597. The molecule has 1 unspecified atom stereocenters. The summed E-state index contributed by atoms with van der Waals surface area (Å²) in [6, 6.07) is 8.96. The molecular weight excluding hydrogens is 240 g/mol. The molecule has 1 heterocycles. The maximum absolute atomic E-state index is 4.31. The van der Waals surface area contributed by atoms with Crippen molar-refractivity contribution >= 4 is 22.5 Å². The predicted octanol–water partition coefficient (Wildman–Crippen LogP) is 3.47. The van der Waals surface area contributed by atoms with E-state index in [4.69, 9.17) is 0 Å². The Labute approximate surface area is 113 Å². The molecule has 1 aromatic heterocycles. The van der Waals surface area contributed by atoms with Gasteiger partial charge in [0.05, 0.1) is 0 Å². The topological polar surface area (TPSA) is 24.9 Å². The summed E-state index contributed by atoms with van der Waals surface area (Å²) in [5, 5.41) is 6.08. The van der Waals surface area contributed by atoms with E-state index in [1.807, 2.05) is 24.2 Å². The average molecular weight is 260 g/mol. The van der Waals surface area contributed by atoms with Crippen LogP contribution in [0.25, 0.3) is 10.8 Å². The summed E-state index contributed by atoms with van der Waals surface area (Å²) >= 11 is 1.98. The van der Waals surface area contributed by atoms with Gasteiger partial charge in [0.1, 0.15) is 0 Å². The number of nitrogens with one attached hydrogen (secondary N) is 1. The normalized spacial score (nSPS) is 12.8. The van der Waals surface area contributed by atoms with Crippen LogP contribution >= 0.6 is 11.8 Å². The molecule has 3 heteroatoms. The molecule has 18 heavy (non-hydrogen) atoms. The first-order valence-corrected chi connectivity index (χ1v) is 7.59. The summed E-state index contributed by atoms with van der Waals surface area (Å²) in [4.78, 5) is 4.31. The van der Waals surface area contributed by atoms with E-state index in [0.29, 0.717) is 6.04 Å². The molecule has 1 N–H and O–H groups in total. The van der Waals surface area contributed by atoms with Gasteiger partial charge in [-0.3, -0.25) is 4.98 Å². The van der Waals surface area contributed by atoms with Crippen LogP contribution in [0.5, 0.6) is 0 Å². The Bertz CT molecular complexity index is 493. The van der Waals surface area contributed by atoms with E-state index >= 15 is 0 Å². The molecule has 0 aliphatic carbocycles. The zero-order chi connectivity index (χ0) is 12.8. The van der Waals surface area contributed by atoms with Crippen molar-refractivity contribution in [3.05, 3.63) is 42.2 Å². The molecule has 0 saturated heterocycles. The minimum absolute atomic E-state index is 0.536. The van der Waals surface area contributed by atoms with Crippen molar-refractivity contribution in [2.45, 2.75) is 26.4 Å². The summed E-state index contributed by atoms with van der Waals surface area (Å²) in [5.74, 6) is 2.34. The zero-order valence-electron chi connectivity index (χ0n) is 11.0. The number of pyridine rings is 1. The standard InChI is InChI=1S/C15H20N2S/c1-3-18-11-12(2)17-10-14-9-16-8-13-6-4-5-7-15(13)14/h4-9,12,17H,3,10-11H2,1-2H3. The van der Waals surface area contributed by atoms with E-state index in [9.17, 15) is 0 Å². The highest BCUT2D eigenvalue weighted by molar-refractivity contribution is 7.99. The number of nitrogens with zero attached hydrogens (tertiary/aromatic N) is 1. The van der Waals surface area contributed by atoms with Gasteiger partial charge in [0.2, 0.25) is 0 Å². The molecule has 0 radical (unpaired) electrons. The van der Waals surface area contributed by atoms with Crippen molar-refractivity contribution in [3.63, 3.8) is 0 Å². The SMILES string of the molecule is CCSCC(C)NCc1cncc2ccccc12. The summed E-state index contributed by atoms with van der Waals surface area (Å²) in [7, 11) is 0. The van der Waals surface area contributed by atoms with Crippen molar-refractivity contribution in [1.29, 1.82) is 0 Å². The van der Waals surface area contributed by atoms with Gasteiger partial charge in [-0.05, 0) is 23.6 Å². The van der Waals surface area contributed by atoms with Gasteiger partial charge in [-0.2, -0.15) is 11.8 Å². The molecule has 0 bridgehead atoms. The zero-order valence-corrected chi connectivity index (χ0v) is 11.8. The summed E-state index contributed by atoms with van der Waals surface area (Å²) < 4.78 is 0. The van der Waals surface area contributed by atoms with Crippen LogP contribution in [-0.2, 0) is 6.54 Å². The fourth-order valence-corrected chi connectivity index (χ4v) is 2.66. The lowest BCUT2D eigenvalue weighted by Crippen LogP contribution is -2.27. The van der Waals surface area contributed by atoms with E-state index in [1.54, 1.807) is 0 Å². The van der Waals surface area contributed by atoms with Crippen molar-refractivity contribution in [1.82, 2.24) is 10.3 Å². The van der Waals surface area contributed by atoms with Crippen molar-refractivity contribution in [2.24, 2.45) is 0 Å². The number of fused-ring (bicyclic) bond motifs is 1. The summed E-state index contributed by atoms with van der Waals surface area (Å²) in [6.07, 6.45) is 3.89. The highest BCUT2D eigenvalue weighted by Gasteiger charge is 2.04. The summed E-state index contributed by atoms with van der Waals surface area (Å²) in [6.45, 7) is 5.33. The van der Waals surface area contributed by atoms with Crippen LogP contribution in [-0.4, -0.2) is 22.5 Å². The Kier molecular flexibility index (Phi) is 5.02. The van der Waals surface area contributed by atoms with Gasteiger partial charge in [-0.1, -0.05) is 31.2 Å². The van der Waals surface area contributed by atoms with Crippen molar-refractivity contribution in [2.75, 3.05) is 11.5 Å². The molecule has 0 aliphatic rings. The number of rotatable bonds is 6.